The molecule has 0 aromatic heterocycles. The van der Waals surface area contributed by atoms with Crippen molar-refractivity contribution in [2.45, 2.75) is 45.9 Å². The SMILES string of the molecule is C=C(Nc1ccc(NC(=O)NCCC(C)(C)F)cc1)c1c(F)cc(OC(C)COC)cc1N=CC. The fourth-order valence-corrected chi connectivity index (χ4v) is 3.20. The molecule has 2 aromatic rings. The zero-order valence-electron chi connectivity index (χ0n) is 20.9. The number of rotatable bonds is 12. The first-order valence-electron chi connectivity index (χ1n) is 11.3. The van der Waals surface area contributed by atoms with Crippen molar-refractivity contribution in [3.8, 4) is 5.75 Å². The van der Waals surface area contributed by atoms with Crippen LogP contribution in [0.3, 0.4) is 0 Å². The summed E-state index contributed by atoms with van der Waals surface area (Å²) in [5.74, 6) is -0.190. The summed E-state index contributed by atoms with van der Waals surface area (Å²) in [5, 5.41) is 8.36. The number of urea groups is 1. The van der Waals surface area contributed by atoms with Gasteiger partial charge in [-0.25, -0.2) is 13.6 Å². The third kappa shape index (κ3) is 9.36. The molecule has 0 fully saturated rings. The quantitative estimate of drug-likeness (QED) is 0.306. The van der Waals surface area contributed by atoms with Crippen LogP contribution >= 0.6 is 0 Å². The van der Waals surface area contributed by atoms with Crippen molar-refractivity contribution in [3.63, 3.8) is 0 Å². The van der Waals surface area contributed by atoms with Crippen molar-refractivity contribution in [2.24, 2.45) is 4.99 Å². The van der Waals surface area contributed by atoms with E-state index in [0.717, 1.165) is 0 Å². The fraction of sp³-hybridized carbons (Fsp3) is 0.385. The molecule has 0 saturated carbocycles. The van der Waals surface area contributed by atoms with Crippen molar-refractivity contribution < 1.29 is 23.0 Å². The van der Waals surface area contributed by atoms with E-state index in [1.165, 1.54) is 19.9 Å². The van der Waals surface area contributed by atoms with E-state index in [0.29, 0.717) is 35.1 Å². The molecule has 7 nitrogen and oxygen atoms in total. The van der Waals surface area contributed by atoms with E-state index in [2.05, 4.69) is 27.5 Å². The van der Waals surface area contributed by atoms with Crippen molar-refractivity contribution in [3.05, 3.63) is 54.4 Å². The Morgan fingerprint density at radius 1 is 1.20 bits per heavy atom. The number of benzene rings is 2. The van der Waals surface area contributed by atoms with Gasteiger partial charge in [-0.15, -0.1) is 0 Å². The van der Waals surface area contributed by atoms with Crippen LogP contribution in [0.1, 0.15) is 39.7 Å². The Bertz CT molecular complexity index is 1030. The lowest BCUT2D eigenvalue weighted by atomic mass is 10.1. The van der Waals surface area contributed by atoms with Gasteiger partial charge in [0, 0.05) is 49.1 Å². The predicted octanol–water partition coefficient (Wildman–Crippen LogP) is 6.30. The molecule has 35 heavy (non-hydrogen) atoms. The minimum Gasteiger partial charge on any atom is -0.488 e. The fourth-order valence-electron chi connectivity index (χ4n) is 3.20. The van der Waals surface area contributed by atoms with Crippen LogP contribution in [0.2, 0.25) is 0 Å². The lowest BCUT2D eigenvalue weighted by Gasteiger charge is -2.18. The largest absolute Gasteiger partial charge is 0.488 e. The van der Waals surface area contributed by atoms with Crippen LogP contribution in [0.25, 0.3) is 5.70 Å². The molecule has 1 unspecified atom stereocenters. The first kappa shape index (κ1) is 27.8. The van der Waals surface area contributed by atoms with Gasteiger partial charge >= 0.3 is 6.03 Å². The number of amides is 2. The minimum atomic E-state index is -1.35. The molecule has 3 N–H and O–H groups in total. The van der Waals surface area contributed by atoms with Crippen LogP contribution in [-0.4, -0.2) is 44.3 Å². The van der Waals surface area contributed by atoms with Crippen LogP contribution in [0.4, 0.5) is 30.6 Å². The highest BCUT2D eigenvalue weighted by Gasteiger charge is 2.17. The van der Waals surface area contributed by atoms with E-state index < -0.39 is 17.5 Å². The molecular weight excluding hydrogens is 454 g/mol. The smallest absolute Gasteiger partial charge is 0.319 e. The summed E-state index contributed by atoms with van der Waals surface area (Å²) in [4.78, 5) is 16.2. The van der Waals surface area contributed by atoms with E-state index in [-0.39, 0.29) is 24.6 Å². The molecule has 2 amide bonds. The molecule has 0 spiro atoms. The lowest BCUT2D eigenvalue weighted by Crippen LogP contribution is -2.32. The Morgan fingerprint density at radius 2 is 1.83 bits per heavy atom. The summed E-state index contributed by atoms with van der Waals surface area (Å²) in [5.41, 5.74) is 0.739. The van der Waals surface area contributed by atoms with Gasteiger partial charge in [-0.2, -0.15) is 0 Å². The van der Waals surface area contributed by atoms with Crippen LogP contribution < -0.4 is 20.7 Å². The Balaban J connectivity index is 2.07. The lowest BCUT2D eigenvalue weighted by molar-refractivity contribution is 0.0919. The molecule has 0 radical (unpaired) electrons. The molecular formula is C26H34F2N4O3. The van der Waals surface area contributed by atoms with Gasteiger partial charge in [0.25, 0.3) is 0 Å². The molecule has 0 heterocycles. The minimum absolute atomic E-state index is 0.214. The normalized spacial score (nSPS) is 12.3. The third-order valence-electron chi connectivity index (χ3n) is 4.79. The molecule has 190 valence electrons. The maximum atomic E-state index is 15.0. The number of nitrogens with zero attached hydrogens (tertiary/aromatic N) is 1. The summed E-state index contributed by atoms with van der Waals surface area (Å²) in [6.45, 7) is 11.0. The average Bonchev–Trinajstić information content (AvgIpc) is 2.74. The van der Waals surface area contributed by atoms with Gasteiger partial charge in [-0.05, 0) is 58.4 Å². The number of anilines is 2. The standard InChI is InChI=1S/C26H34F2N4O3/c1-7-29-23-15-21(35-17(2)16-34-6)14-22(27)24(23)18(3)31-19-8-10-20(11-9-19)32-25(33)30-13-12-26(4,5)28/h7-11,14-15,17,31H,3,12-13,16H2,1-2,4-6H3,(H2,30,32,33). The van der Waals surface area contributed by atoms with Gasteiger partial charge in [0.15, 0.2) is 0 Å². The van der Waals surface area contributed by atoms with Gasteiger partial charge in [0.05, 0.1) is 17.9 Å². The van der Waals surface area contributed by atoms with Gasteiger partial charge < -0.3 is 25.4 Å². The van der Waals surface area contributed by atoms with E-state index in [1.54, 1.807) is 50.6 Å². The molecule has 1 atom stereocenters. The monoisotopic (exact) mass is 488 g/mol. The number of carbonyl (C=O) groups excluding carboxylic acids is 1. The van der Waals surface area contributed by atoms with Crippen LogP contribution in [0, 0.1) is 5.82 Å². The molecule has 2 aromatic carbocycles. The molecule has 0 aliphatic carbocycles. The van der Waals surface area contributed by atoms with Crippen molar-refractivity contribution >= 4 is 35.0 Å². The molecule has 0 aliphatic rings. The van der Waals surface area contributed by atoms with Crippen molar-refractivity contribution in [1.82, 2.24) is 5.32 Å². The number of aliphatic imine (C=N–C) groups is 1. The Morgan fingerprint density at radius 3 is 2.40 bits per heavy atom. The number of carbonyl (C=O) groups is 1. The second kappa shape index (κ2) is 12.9. The summed E-state index contributed by atoms with van der Waals surface area (Å²) in [6.07, 6.45) is 1.52. The molecule has 0 bridgehead atoms. The molecule has 9 heteroatoms. The van der Waals surface area contributed by atoms with Gasteiger partial charge in [-0.3, -0.25) is 4.99 Å². The van der Waals surface area contributed by atoms with E-state index >= 15 is 4.39 Å². The first-order chi connectivity index (χ1) is 16.5. The Kier molecular flexibility index (Phi) is 10.2. The van der Waals surface area contributed by atoms with Crippen molar-refractivity contribution in [1.29, 1.82) is 0 Å². The van der Waals surface area contributed by atoms with E-state index in [1.807, 2.05) is 6.92 Å². The summed E-state index contributed by atoms with van der Waals surface area (Å²) in [6, 6.07) is 9.32. The zero-order valence-corrected chi connectivity index (χ0v) is 20.9. The number of hydrogen-bond acceptors (Lipinski definition) is 5. The predicted molar refractivity (Wildman–Crippen MR) is 138 cm³/mol. The Labute approximate surface area is 205 Å². The molecule has 0 saturated heterocycles. The molecule has 2 rings (SSSR count). The zero-order chi connectivity index (χ0) is 26.0. The molecule has 0 aliphatic heterocycles. The average molecular weight is 489 g/mol. The third-order valence-corrected chi connectivity index (χ3v) is 4.79. The topological polar surface area (TPSA) is 84.0 Å². The Hall–Kier alpha value is -3.46. The van der Waals surface area contributed by atoms with Gasteiger partial charge in [0.1, 0.15) is 23.3 Å². The highest BCUT2D eigenvalue weighted by Crippen LogP contribution is 2.34. The van der Waals surface area contributed by atoms with Gasteiger partial charge in [-0.1, -0.05) is 6.58 Å². The van der Waals surface area contributed by atoms with E-state index in [9.17, 15) is 9.18 Å². The number of methoxy groups -OCH3 is 1. The highest BCUT2D eigenvalue weighted by molar-refractivity contribution is 5.90. The number of ether oxygens (including phenoxy) is 2. The first-order valence-corrected chi connectivity index (χ1v) is 11.3. The van der Waals surface area contributed by atoms with Crippen LogP contribution in [0.15, 0.2) is 48.0 Å². The second-order valence-corrected chi connectivity index (χ2v) is 8.60. The summed E-state index contributed by atoms with van der Waals surface area (Å²) >= 11 is 0. The highest BCUT2D eigenvalue weighted by atomic mass is 19.1. The van der Waals surface area contributed by atoms with Crippen molar-refractivity contribution in [2.75, 3.05) is 30.9 Å². The number of alkyl halides is 1. The van der Waals surface area contributed by atoms with Gasteiger partial charge in [0.2, 0.25) is 0 Å². The van der Waals surface area contributed by atoms with Crippen LogP contribution in [0.5, 0.6) is 5.75 Å². The van der Waals surface area contributed by atoms with E-state index in [4.69, 9.17) is 9.47 Å². The summed E-state index contributed by atoms with van der Waals surface area (Å²) < 4.78 is 39.3. The summed E-state index contributed by atoms with van der Waals surface area (Å²) in [7, 11) is 1.57. The number of halogens is 2. The maximum Gasteiger partial charge on any atom is 0.319 e. The number of nitrogens with one attached hydrogen (secondary N) is 3. The van der Waals surface area contributed by atoms with Crippen LogP contribution in [-0.2, 0) is 4.74 Å². The maximum absolute atomic E-state index is 15.0. The second-order valence-electron chi connectivity index (χ2n) is 8.60. The number of hydrogen-bond donors (Lipinski definition) is 3.